The van der Waals surface area contributed by atoms with Crippen LogP contribution in [0.25, 0.3) is 0 Å². The third-order valence-electron chi connectivity index (χ3n) is 2.75. The Bertz CT molecular complexity index is 705. The fourth-order valence-electron chi connectivity index (χ4n) is 1.67. The Morgan fingerprint density at radius 1 is 1.10 bits per heavy atom. The SMILES string of the molecule is COc1cc(C(=O)Nc2cc(Cl)c(Cl)cc2Cl)ccc1N. The van der Waals surface area contributed by atoms with Crippen molar-refractivity contribution >= 4 is 52.1 Å². The van der Waals surface area contributed by atoms with E-state index in [9.17, 15) is 4.79 Å². The Balaban J connectivity index is 2.28. The standard InChI is InChI=1S/C14H11Cl3N2O2/c1-21-13-4-7(2-3-11(13)18)14(20)19-12-6-9(16)8(15)5-10(12)17/h2-6H,18H2,1H3,(H,19,20). The summed E-state index contributed by atoms with van der Waals surface area (Å²) in [6.45, 7) is 0. The van der Waals surface area contributed by atoms with Crippen LogP contribution in [0.3, 0.4) is 0 Å². The molecule has 0 atom stereocenters. The topological polar surface area (TPSA) is 64.3 Å². The molecule has 2 rings (SSSR count). The minimum Gasteiger partial charge on any atom is -0.495 e. The second-order valence-electron chi connectivity index (χ2n) is 4.16. The van der Waals surface area contributed by atoms with E-state index in [0.717, 1.165) is 0 Å². The molecule has 110 valence electrons. The van der Waals surface area contributed by atoms with E-state index in [1.54, 1.807) is 12.1 Å². The number of hydrogen-bond acceptors (Lipinski definition) is 3. The van der Waals surface area contributed by atoms with E-state index in [-0.39, 0.29) is 5.91 Å². The van der Waals surface area contributed by atoms with E-state index in [1.807, 2.05) is 0 Å². The number of amides is 1. The molecular weight excluding hydrogens is 335 g/mol. The molecule has 0 aliphatic rings. The monoisotopic (exact) mass is 344 g/mol. The molecule has 4 nitrogen and oxygen atoms in total. The smallest absolute Gasteiger partial charge is 0.255 e. The van der Waals surface area contributed by atoms with Crippen LogP contribution in [0.2, 0.25) is 15.1 Å². The van der Waals surface area contributed by atoms with Gasteiger partial charge < -0.3 is 15.8 Å². The number of ether oxygens (including phenoxy) is 1. The number of anilines is 2. The zero-order valence-electron chi connectivity index (χ0n) is 10.9. The van der Waals surface area contributed by atoms with Gasteiger partial charge in [-0.2, -0.15) is 0 Å². The van der Waals surface area contributed by atoms with Crippen LogP contribution in [0, 0.1) is 0 Å². The number of carbonyl (C=O) groups is 1. The van der Waals surface area contributed by atoms with E-state index < -0.39 is 0 Å². The number of carbonyl (C=O) groups excluding carboxylic acids is 1. The molecule has 21 heavy (non-hydrogen) atoms. The molecule has 0 saturated carbocycles. The van der Waals surface area contributed by atoms with Crippen molar-refractivity contribution in [3.8, 4) is 5.75 Å². The van der Waals surface area contributed by atoms with Gasteiger partial charge in [0.05, 0.1) is 33.6 Å². The van der Waals surface area contributed by atoms with Gasteiger partial charge in [-0.1, -0.05) is 34.8 Å². The summed E-state index contributed by atoms with van der Waals surface area (Å²) in [5, 5.41) is 3.56. The normalized spacial score (nSPS) is 10.3. The van der Waals surface area contributed by atoms with Crippen LogP contribution in [-0.2, 0) is 0 Å². The van der Waals surface area contributed by atoms with Gasteiger partial charge in [0.25, 0.3) is 5.91 Å². The average Bonchev–Trinajstić information content (AvgIpc) is 2.45. The van der Waals surface area contributed by atoms with Crippen LogP contribution in [0.1, 0.15) is 10.4 Å². The Labute approximate surface area is 136 Å². The molecule has 0 aliphatic heterocycles. The fraction of sp³-hybridized carbons (Fsp3) is 0.0714. The highest BCUT2D eigenvalue weighted by atomic mass is 35.5. The van der Waals surface area contributed by atoms with Gasteiger partial charge in [-0.3, -0.25) is 4.79 Å². The highest BCUT2D eigenvalue weighted by Crippen LogP contribution is 2.32. The predicted octanol–water partition coefficient (Wildman–Crippen LogP) is 4.49. The second-order valence-corrected chi connectivity index (χ2v) is 5.38. The van der Waals surface area contributed by atoms with Crippen molar-refractivity contribution in [2.75, 3.05) is 18.2 Å². The summed E-state index contributed by atoms with van der Waals surface area (Å²) in [6.07, 6.45) is 0. The van der Waals surface area contributed by atoms with Crippen LogP contribution in [0.15, 0.2) is 30.3 Å². The molecule has 3 N–H and O–H groups in total. The molecule has 0 aromatic heterocycles. The summed E-state index contributed by atoms with van der Waals surface area (Å²) in [4.78, 5) is 12.2. The van der Waals surface area contributed by atoms with Gasteiger partial charge in [-0.25, -0.2) is 0 Å². The first-order chi connectivity index (χ1) is 9.92. The van der Waals surface area contributed by atoms with Crippen molar-refractivity contribution < 1.29 is 9.53 Å². The number of nitrogens with one attached hydrogen (secondary N) is 1. The van der Waals surface area contributed by atoms with E-state index in [2.05, 4.69) is 5.32 Å². The Morgan fingerprint density at radius 2 is 1.76 bits per heavy atom. The number of methoxy groups -OCH3 is 1. The average molecular weight is 346 g/mol. The molecule has 2 aromatic carbocycles. The molecule has 0 spiro atoms. The third kappa shape index (κ3) is 3.53. The summed E-state index contributed by atoms with van der Waals surface area (Å²) in [5.41, 5.74) is 6.89. The number of halogens is 3. The molecule has 0 saturated heterocycles. The Kier molecular flexibility index (Phi) is 4.83. The lowest BCUT2D eigenvalue weighted by molar-refractivity contribution is 0.102. The number of rotatable bonds is 3. The van der Waals surface area contributed by atoms with Gasteiger partial charge in [0.1, 0.15) is 5.75 Å². The van der Waals surface area contributed by atoms with Crippen molar-refractivity contribution in [1.29, 1.82) is 0 Å². The van der Waals surface area contributed by atoms with Crippen LogP contribution in [0.5, 0.6) is 5.75 Å². The Morgan fingerprint density at radius 3 is 2.43 bits per heavy atom. The lowest BCUT2D eigenvalue weighted by atomic mass is 10.1. The molecule has 1 amide bonds. The highest BCUT2D eigenvalue weighted by Gasteiger charge is 2.12. The lowest BCUT2D eigenvalue weighted by Crippen LogP contribution is -2.12. The lowest BCUT2D eigenvalue weighted by Gasteiger charge is -2.10. The van der Waals surface area contributed by atoms with E-state index in [1.165, 1.54) is 25.3 Å². The van der Waals surface area contributed by atoms with Gasteiger partial charge in [0.15, 0.2) is 0 Å². The Hall–Kier alpha value is -1.62. The summed E-state index contributed by atoms with van der Waals surface area (Å²) in [7, 11) is 1.48. The van der Waals surface area contributed by atoms with Crippen molar-refractivity contribution in [3.05, 3.63) is 51.0 Å². The maximum Gasteiger partial charge on any atom is 0.255 e. The largest absolute Gasteiger partial charge is 0.495 e. The predicted molar refractivity (Wildman–Crippen MR) is 86.8 cm³/mol. The quantitative estimate of drug-likeness (QED) is 0.636. The molecule has 2 aromatic rings. The molecule has 0 unspecified atom stereocenters. The van der Waals surface area contributed by atoms with E-state index >= 15 is 0 Å². The first-order valence-corrected chi connectivity index (χ1v) is 6.95. The van der Waals surface area contributed by atoms with Gasteiger partial charge in [-0.15, -0.1) is 0 Å². The number of nitrogen functional groups attached to an aromatic ring is 1. The van der Waals surface area contributed by atoms with Gasteiger partial charge in [0.2, 0.25) is 0 Å². The number of benzene rings is 2. The zero-order valence-corrected chi connectivity index (χ0v) is 13.2. The van der Waals surface area contributed by atoms with Crippen LogP contribution >= 0.6 is 34.8 Å². The molecule has 0 heterocycles. The van der Waals surface area contributed by atoms with Gasteiger partial charge >= 0.3 is 0 Å². The van der Waals surface area contributed by atoms with E-state index in [0.29, 0.717) is 37.8 Å². The van der Waals surface area contributed by atoms with Gasteiger partial charge in [-0.05, 0) is 30.3 Å². The summed E-state index contributed by atoms with van der Waals surface area (Å²) >= 11 is 17.8. The van der Waals surface area contributed by atoms with Crippen LogP contribution in [0.4, 0.5) is 11.4 Å². The summed E-state index contributed by atoms with van der Waals surface area (Å²) < 4.78 is 5.07. The minimum atomic E-state index is -0.367. The first kappa shape index (κ1) is 15.8. The maximum atomic E-state index is 12.2. The molecular formula is C14H11Cl3N2O2. The zero-order chi connectivity index (χ0) is 15.6. The van der Waals surface area contributed by atoms with Crippen molar-refractivity contribution in [2.45, 2.75) is 0 Å². The van der Waals surface area contributed by atoms with Crippen molar-refractivity contribution in [3.63, 3.8) is 0 Å². The summed E-state index contributed by atoms with van der Waals surface area (Å²) in [6, 6.07) is 7.65. The fourth-order valence-corrected chi connectivity index (χ4v) is 2.26. The highest BCUT2D eigenvalue weighted by molar-refractivity contribution is 6.44. The van der Waals surface area contributed by atoms with Crippen molar-refractivity contribution in [1.82, 2.24) is 0 Å². The molecule has 0 aliphatic carbocycles. The first-order valence-electron chi connectivity index (χ1n) is 5.81. The maximum absolute atomic E-state index is 12.2. The molecule has 0 radical (unpaired) electrons. The number of hydrogen-bond donors (Lipinski definition) is 2. The van der Waals surface area contributed by atoms with E-state index in [4.69, 9.17) is 45.3 Å². The van der Waals surface area contributed by atoms with Crippen LogP contribution in [-0.4, -0.2) is 13.0 Å². The minimum absolute atomic E-state index is 0.292. The molecule has 7 heteroatoms. The second kappa shape index (κ2) is 6.43. The van der Waals surface area contributed by atoms with Gasteiger partial charge in [0, 0.05) is 5.56 Å². The summed E-state index contributed by atoms with van der Waals surface area (Å²) in [5.74, 6) is 0.0523. The third-order valence-corrected chi connectivity index (χ3v) is 3.79. The van der Waals surface area contributed by atoms with Crippen molar-refractivity contribution in [2.24, 2.45) is 0 Å². The van der Waals surface area contributed by atoms with Crippen LogP contribution < -0.4 is 15.8 Å². The number of nitrogens with two attached hydrogens (primary N) is 1. The molecule has 0 fully saturated rings. The molecule has 0 bridgehead atoms.